The van der Waals surface area contributed by atoms with Crippen LogP contribution in [0, 0.1) is 11.6 Å². The summed E-state index contributed by atoms with van der Waals surface area (Å²) in [6.45, 7) is 0.391. The van der Waals surface area contributed by atoms with Crippen molar-refractivity contribution in [2.45, 2.75) is 42.4 Å². The van der Waals surface area contributed by atoms with Gasteiger partial charge in [0.05, 0.1) is 0 Å². The summed E-state index contributed by atoms with van der Waals surface area (Å²) in [5.41, 5.74) is 5.98. The van der Waals surface area contributed by atoms with Crippen molar-refractivity contribution in [2.75, 3.05) is 12.8 Å². The van der Waals surface area contributed by atoms with Gasteiger partial charge >= 0.3 is 0 Å². The largest absolute Gasteiger partial charge is 0.330 e. The molecule has 0 amide bonds. The number of benzene rings is 1. The topological polar surface area (TPSA) is 26.0 Å². The first-order valence-electron chi connectivity index (χ1n) is 6.36. The third-order valence-electron chi connectivity index (χ3n) is 4.01. The fraction of sp³-hybridized carbons (Fsp3) is 0.571. The van der Waals surface area contributed by atoms with Gasteiger partial charge in [-0.25, -0.2) is 8.78 Å². The third-order valence-corrected chi connectivity index (χ3v) is 4.77. The molecule has 1 nitrogen and oxygen atoms in total. The molecule has 1 aliphatic rings. The zero-order chi connectivity index (χ0) is 13.2. The van der Waals surface area contributed by atoms with Crippen LogP contribution in [0.4, 0.5) is 8.78 Å². The highest BCUT2D eigenvalue weighted by atomic mass is 32.2. The Kier molecular flexibility index (Phi) is 4.28. The minimum absolute atomic E-state index is 0.312. The average molecular weight is 271 g/mol. The van der Waals surface area contributed by atoms with Crippen molar-refractivity contribution in [3.8, 4) is 0 Å². The van der Waals surface area contributed by atoms with Gasteiger partial charge in [0.15, 0.2) is 0 Å². The Morgan fingerprint density at radius 2 is 1.83 bits per heavy atom. The van der Waals surface area contributed by atoms with Gasteiger partial charge in [0, 0.05) is 16.9 Å². The lowest BCUT2D eigenvalue weighted by atomic mass is 9.69. The zero-order valence-electron chi connectivity index (χ0n) is 10.6. The fourth-order valence-electron chi connectivity index (χ4n) is 2.90. The van der Waals surface area contributed by atoms with E-state index in [9.17, 15) is 8.78 Å². The lowest BCUT2D eigenvalue weighted by molar-refractivity contribution is 0.290. The minimum Gasteiger partial charge on any atom is -0.330 e. The quantitative estimate of drug-likeness (QED) is 0.845. The highest BCUT2D eigenvalue weighted by molar-refractivity contribution is 7.98. The normalized spacial score (nSPS) is 18.9. The minimum atomic E-state index is -0.361. The SMILES string of the molecule is CSc1cc(F)c(C2(CN)CCCCC2)cc1F. The van der Waals surface area contributed by atoms with Crippen molar-refractivity contribution >= 4 is 11.8 Å². The Morgan fingerprint density at radius 1 is 1.17 bits per heavy atom. The molecule has 1 aliphatic carbocycles. The fourth-order valence-corrected chi connectivity index (χ4v) is 3.38. The maximum absolute atomic E-state index is 14.2. The van der Waals surface area contributed by atoms with Gasteiger partial charge in [0.1, 0.15) is 11.6 Å². The summed E-state index contributed by atoms with van der Waals surface area (Å²) in [4.78, 5) is 0.360. The van der Waals surface area contributed by atoms with E-state index in [1.54, 1.807) is 6.26 Å². The van der Waals surface area contributed by atoms with E-state index in [4.69, 9.17) is 5.73 Å². The van der Waals surface area contributed by atoms with Gasteiger partial charge in [-0.3, -0.25) is 0 Å². The second kappa shape index (κ2) is 5.57. The molecular weight excluding hydrogens is 252 g/mol. The molecule has 2 N–H and O–H groups in total. The first kappa shape index (κ1) is 13.8. The van der Waals surface area contributed by atoms with Crippen LogP contribution in [-0.2, 0) is 5.41 Å². The van der Waals surface area contributed by atoms with Gasteiger partial charge in [-0.2, -0.15) is 0 Å². The Morgan fingerprint density at radius 3 is 2.39 bits per heavy atom. The predicted molar refractivity (Wildman–Crippen MR) is 72.0 cm³/mol. The molecule has 4 heteroatoms. The Bertz CT molecular complexity index is 428. The average Bonchev–Trinajstić information content (AvgIpc) is 2.41. The molecular formula is C14H19F2NS. The Hall–Kier alpha value is -0.610. The smallest absolute Gasteiger partial charge is 0.137 e. The Balaban J connectivity index is 2.45. The number of hydrogen-bond acceptors (Lipinski definition) is 2. The number of hydrogen-bond donors (Lipinski definition) is 1. The molecule has 1 fully saturated rings. The highest BCUT2D eigenvalue weighted by Crippen LogP contribution is 2.41. The summed E-state index contributed by atoms with van der Waals surface area (Å²) in [7, 11) is 0. The van der Waals surface area contributed by atoms with Crippen molar-refractivity contribution in [3.63, 3.8) is 0 Å². The van der Waals surface area contributed by atoms with Gasteiger partial charge < -0.3 is 5.73 Å². The van der Waals surface area contributed by atoms with Crippen LogP contribution in [0.1, 0.15) is 37.7 Å². The van der Waals surface area contributed by atoms with Crippen molar-refractivity contribution in [3.05, 3.63) is 29.3 Å². The zero-order valence-corrected chi connectivity index (χ0v) is 11.5. The van der Waals surface area contributed by atoms with E-state index in [0.29, 0.717) is 17.0 Å². The highest BCUT2D eigenvalue weighted by Gasteiger charge is 2.35. The first-order chi connectivity index (χ1) is 8.63. The maximum Gasteiger partial charge on any atom is 0.137 e. The number of rotatable bonds is 3. The molecule has 0 aromatic heterocycles. The third kappa shape index (κ3) is 2.41. The molecule has 1 aromatic carbocycles. The predicted octanol–water partition coefficient (Wildman–Crippen LogP) is 3.85. The van der Waals surface area contributed by atoms with E-state index in [-0.39, 0.29) is 17.0 Å². The lowest BCUT2D eigenvalue weighted by Crippen LogP contribution is -2.38. The van der Waals surface area contributed by atoms with Gasteiger partial charge in [0.25, 0.3) is 0 Å². The maximum atomic E-state index is 14.2. The number of halogens is 2. The molecule has 0 unspecified atom stereocenters. The van der Waals surface area contributed by atoms with E-state index in [1.807, 2.05) is 0 Å². The van der Waals surface area contributed by atoms with Gasteiger partial charge in [-0.15, -0.1) is 11.8 Å². The van der Waals surface area contributed by atoms with Crippen molar-refractivity contribution in [1.29, 1.82) is 0 Å². The van der Waals surface area contributed by atoms with E-state index in [1.165, 1.54) is 23.9 Å². The molecule has 1 saturated carbocycles. The van der Waals surface area contributed by atoms with Crippen LogP contribution in [0.2, 0.25) is 0 Å². The summed E-state index contributed by atoms with van der Waals surface area (Å²) in [5.74, 6) is -0.648. The molecule has 2 rings (SSSR count). The van der Waals surface area contributed by atoms with Crippen LogP contribution >= 0.6 is 11.8 Å². The van der Waals surface area contributed by atoms with Gasteiger partial charge in [0.2, 0.25) is 0 Å². The van der Waals surface area contributed by atoms with Crippen LogP contribution in [0.5, 0.6) is 0 Å². The molecule has 0 heterocycles. The summed E-state index contributed by atoms with van der Waals surface area (Å²) in [6.07, 6.45) is 6.72. The monoisotopic (exact) mass is 271 g/mol. The van der Waals surface area contributed by atoms with E-state index < -0.39 is 0 Å². The standard InChI is InChI=1S/C14H19F2NS/c1-18-13-8-11(15)10(7-12(13)16)14(9-17)5-3-2-4-6-14/h7-8H,2-6,9,17H2,1H3. The van der Waals surface area contributed by atoms with Crippen LogP contribution < -0.4 is 5.73 Å². The second-order valence-electron chi connectivity index (χ2n) is 5.01. The van der Waals surface area contributed by atoms with Crippen molar-refractivity contribution in [2.24, 2.45) is 5.73 Å². The molecule has 0 spiro atoms. The van der Waals surface area contributed by atoms with E-state index >= 15 is 0 Å². The summed E-state index contributed by atoms with van der Waals surface area (Å²) >= 11 is 1.23. The van der Waals surface area contributed by atoms with Crippen LogP contribution in [-0.4, -0.2) is 12.8 Å². The van der Waals surface area contributed by atoms with Crippen molar-refractivity contribution < 1.29 is 8.78 Å². The van der Waals surface area contributed by atoms with Gasteiger partial charge in [-0.05, 0) is 36.8 Å². The van der Waals surface area contributed by atoms with E-state index in [2.05, 4.69) is 0 Å². The molecule has 18 heavy (non-hydrogen) atoms. The first-order valence-corrected chi connectivity index (χ1v) is 7.59. The molecule has 0 bridgehead atoms. The number of nitrogens with two attached hydrogens (primary N) is 1. The molecule has 0 atom stereocenters. The number of thioether (sulfide) groups is 1. The molecule has 0 aliphatic heterocycles. The molecule has 0 radical (unpaired) electrons. The van der Waals surface area contributed by atoms with Gasteiger partial charge in [-0.1, -0.05) is 19.3 Å². The van der Waals surface area contributed by atoms with Crippen LogP contribution in [0.25, 0.3) is 0 Å². The molecule has 1 aromatic rings. The second-order valence-corrected chi connectivity index (χ2v) is 5.86. The van der Waals surface area contributed by atoms with Crippen LogP contribution in [0.3, 0.4) is 0 Å². The Labute approximate surface area is 111 Å². The summed E-state index contributed by atoms with van der Waals surface area (Å²) in [5, 5.41) is 0. The lowest BCUT2D eigenvalue weighted by Gasteiger charge is -2.37. The molecule has 100 valence electrons. The van der Waals surface area contributed by atoms with Crippen LogP contribution in [0.15, 0.2) is 17.0 Å². The molecule has 0 saturated heterocycles. The van der Waals surface area contributed by atoms with Crippen molar-refractivity contribution in [1.82, 2.24) is 0 Å². The summed E-state index contributed by atoms with van der Waals surface area (Å²) in [6, 6.07) is 2.67. The van der Waals surface area contributed by atoms with E-state index in [0.717, 1.165) is 32.1 Å². The summed E-state index contributed by atoms with van der Waals surface area (Å²) < 4.78 is 28.1.